The number of nitro benzene ring substituents is 1. The first kappa shape index (κ1) is 14.9. The molecule has 0 bridgehead atoms. The van der Waals surface area contributed by atoms with Gasteiger partial charge in [-0.05, 0) is 24.3 Å². The molecule has 6 nitrogen and oxygen atoms in total. The summed E-state index contributed by atoms with van der Waals surface area (Å²) in [6.45, 7) is 0. The van der Waals surface area contributed by atoms with Gasteiger partial charge in [0, 0.05) is 16.1 Å². The Morgan fingerprint density at radius 3 is 2.71 bits per heavy atom. The fourth-order valence-electron chi connectivity index (χ4n) is 1.62. The third-order valence-electron chi connectivity index (χ3n) is 2.59. The highest BCUT2D eigenvalue weighted by molar-refractivity contribution is 9.10. The summed E-state index contributed by atoms with van der Waals surface area (Å²) in [6, 6.07) is 13.0. The summed E-state index contributed by atoms with van der Waals surface area (Å²) >= 11 is 3.27. The van der Waals surface area contributed by atoms with E-state index in [4.69, 9.17) is 0 Å². The first-order valence-corrected chi connectivity index (χ1v) is 6.69. The van der Waals surface area contributed by atoms with Crippen molar-refractivity contribution in [1.82, 2.24) is 5.43 Å². The molecule has 106 valence electrons. The summed E-state index contributed by atoms with van der Waals surface area (Å²) < 4.78 is 0.776. The maximum Gasteiger partial charge on any atom is 0.278 e. The number of hydrogen-bond donors (Lipinski definition) is 1. The predicted molar refractivity (Wildman–Crippen MR) is 82.3 cm³/mol. The van der Waals surface area contributed by atoms with Crippen molar-refractivity contribution in [1.29, 1.82) is 0 Å². The largest absolute Gasteiger partial charge is 0.278 e. The van der Waals surface area contributed by atoms with E-state index >= 15 is 0 Å². The first-order valence-electron chi connectivity index (χ1n) is 5.90. The van der Waals surface area contributed by atoms with Crippen LogP contribution in [0.2, 0.25) is 0 Å². The summed E-state index contributed by atoms with van der Waals surface area (Å²) in [4.78, 5) is 22.2. The summed E-state index contributed by atoms with van der Waals surface area (Å²) in [5.74, 6) is -0.397. The average molecular weight is 348 g/mol. The molecule has 2 aromatic carbocycles. The molecule has 0 saturated carbocycles. The Labute approximate surface area is 128 Å². The van der Waals surface area contributed by atoms with Crippen LogP contribution in [0.5, 0.6) is 0 Å². The van der Waals surface area contributed by atoms with Crippen LogP contribution in [0, 0.1) is 10.1 Å². The number of benzene rings is 2. The van der Waals surface area contributed by atoms with Gasteiger partial charge in [-0.15, -0.1) is 0 Å². The van der Waals surface area contributed by atoms with Crippen molar-refractivity contribution in [3.63, 3.8) is 0 Å². The number of amides is 1. The van der Waals surface area contributed by atoms with E-state index in [0.29, 0.717) is 11.1 Å². The number of hydrazone groups is 1. The molecule has 0 aliphatic carbocycles. The lowest BCUT2D eigenvalue weighted by molar-refractivity contribution is -0.385. The van der Waals surface area contributed by atoms with E-state index in [0.717, 1.165) is 4.47 Å². The molecule has 0 fully saturated rings. The molecular weight excluding hydrogens is 338 g/mol. The summed E-state index contributed by atoms with van der Waals surface area (Å²) in [7, 11) is 0. The van der Waals surface area contributed by atoms with Gasteiger partial charge in [0.15, 0.2) is 0 Å². The van der Waals surface area contributed by atoms with Crippen LogP contribution in [0.3, 0.4) is 0 Å². The number of carbonyl (C=O) groups excluding carboxylic acids is 1. The Balaban J connectivity index is 2.09. The second-order valence-corrected chi connectivity index (χ2v) is 4.94. The summed E-state index contributed by atoms with van der Waals surface area (Å²) in [5, 5.41) is 14.6. The van der Waals surface area contributed by atoms with E-state index in [1.54, 1.807) is 42.5 Å². The monoisotopic (exact) mass is 347 g/mol. The highest BCUT2D eigenvalue weighted by Gasteiger charge is 2.10. The minimum atomic E-state index is -0.502. The second kappa shape index (κ2) is 6.76. The molecule has 0 aromatic heterocycles. The number of nitrogens with one attached hydrogen (secondary N) is 1. The third-order valence-corrected chi connectivity index (χ3v) is 3.08. The van der Waals surface area contributed by atoms with Crippen molar-refractivity contribution in [2.75, 3.05) is 0 Å². The van der Waals surface area contributed by atoms with Crippen molar-refractivity contribution in [3.8, 4) is 0 Å². The van der Waals surface area contributed by atoms with Gasteiger partial charge < -0.3 is 0 Å². The van der Waals surface area contributed by atoms with Gasteiger partial charge in [-0.25, -0.2) is 5.43 Å². The van der Waals surface area contributed by atoms with Crippen molar-refractivity contribution < 1.29 is 9.72 Å². The smallest absolute Gasteiger partial charge is 0.267 e. The number of rotatable bonds is 4. The van der Waals surface area contributed by atoms with Crippen molar-refractivity contribution >= 4 is 33.7 Å². The lowest BCUT2D eigenvalue weighted by atomic mass is 10.2. The molecule has 1 amide bonds. The van der Waals surface area contributed by atoms with E-state index in [2.05, 4.69) is 26.5 Å². The maximum atomic E-state index is 11.8. The average Bonchev–Trinajstić information content (AvgIpc) is 2.47. The van der Waals surface area contributed by atoms with E-state index in [1.807, 2.05) is 0 Å². The zero-order chi connectivity index (χ0) is 15.2. The van der Waals surface area contributed by atoms with Gasteiger partial charge in [0.2, 0.25) is 0 Å². The number of nitro groups is 1. The zero-order valence-electron chi connectivity index (χ0n) is 10.7. The Hall–Kier alpha value is -2.54. The molecule has 0 aliphatic heterocycles. The summed E-state index contributed by atoms with van der Waals surface area (Å²) in [5.41, 5.74) is 3.01. The normalized spacial score (nSPS) is 10.5. The van der Waals surface area contributed by atoms with Crippen molar-refractivity contribution in [3.05, 3.63) is 74.2 Å². The van der Waals surface area contributed by atoms with Crippen molar-refractivity contribution in [2.24, 2.45) is 5.10 Å². The lowest BCUT2D eigenvalue weighted by Gasteiger charge is -2.00. The van der Waals surface area contributed by atoms with E-state index in [1.165, 1.54) is 12.3 Å². The Bertz CT molecular complexity index is 716. The quantitative estimate of drug-likeness (QED) is 0.523. The minimum absolute atomic E-state index is 0.0713. The minimum Gasteiger partial charge on any atom is -0.267 e. The van der Waals surface area contributed by atoms with Gasteiger partial charge in [-0.2, -0.15) is 5.10 Å². The maximum absolute atomic E-state index is 11.8. The van der Waals surface area contributed by atoms with Gasteiger partial charge >= 0.3 is 0 Å². The Morgan fingerprint density at radius 1 is 1.24 bits per heavy atom. The SMILES string of the molecule is O=C(N/N=C/c1ccccc1[N+](=O)[O-])c1cccc(Br)c1. The third kappa shape index (κ3) is 3.96. The molecule has 0 aliphatic rings. The first-order chi connectivity index (χ1) is 10.1. The van der Waals surface area contributed by atoms with Crippen molar-refractivity contribution in [2.45, 2.75) is 0 Å². The topological polar surface area (TPSA) is 84.6 Å². The van der Waals surface area contributed by atoms with Crippen LogP contribution in [0.25, 0.3) is 0 Å². The molecule has 2 rings (SSSR count). The Kier molecular flexibility index (Phi) is 4.78. The molecule has 0 unspecified atom stereocenters. The molecule has 0 heterocycles. The lowest BCUT2D eigenvalue weighted by Crippen LogP contribution is -2.17. The zero-order valence-corrected chi connectivity index (χ0v) is 12.3. The number of carbonyl (C=O) groups is 1. The van der Waals surface area contributed by atoms with Crippen LogP contribution < -0.4 is 5.43 Å². The van der Waals surface area contributed by atoms with E-state index in [-0.39, 0.29) is 5.69 Å². The van der Waals surface area contributed by atoms with Gasteiger partial charge in [0.25, 0.3) is 11.6 Å². The molecule has 0 radical (unpaired) electrons. The molecule has 0 atom stereocenters. The van der Waals surface area contributed by atoms with Gasteiger partial charge in [0.1, 0.15) is 0 Å². The molecule has 21 heavy (non-hydrogen) atoms. The molecule has 2 aromatic rings. The number of hydrogen-bond acceptors (Lipinski definition) is 4. The summed E-state index contributed by atoms with van der Waals surface area (Å²) in [6.07, 6.45) is 1.24. The van der Waals surface area contributed by atoms with Crippen LogP contribution in [-0.4, -0.2) is 17.0 Å². The van der Waals surface area contributed by atoms with Crippen LogP contribution in [-0.2, 0) is 0 Å². The fraction of sp³-hybridized carbons (Fsp3) is 0. The molecular formula is C14H10BrN3O3. The molecule has 0 spiro atoms. The number of halogens is 1. The number of nitrogens with zero attached hydrogens (tertiary/aromatic N) is 2. The van der Waals surface area contributed by atoms with Gasteiger partial charge in [-0.3, -0.25) is 14.9 Å². The van der Waals surface area contributed by atoms with Crippen LogP contribution in [0.4, 0.5) is 5.69 Å². The molecule has 0 saturated heterocycles. The predicted octanol–water partition coefficient (Wildman–Crippen LogP) is 3.12. The van der Waals surface area contributed by atoms with E-state index < -0.39 is 10.8 Å². The van der Waals surface area contributed by atoms with Crippen LogP contribution in [0.1, 0.15) is 15.9 Å². The number of para-hydroxylation sites is 1. The highest BCUT2D eigenvalue weighted by Crippen LogP contribution is 2.15. The van der Waals surface area contributed by atoms with Crippen LogP contribution >= 0.6 is 15.9 Å². The molecule has 1 N–H and O–H groups in total. The highest BCUT2D eigenvalue weighted by atomic mass is 79.9. The standard InChI is InChI=1S/C14H10BrN3O3/c15-12-6-3-5-10(8-12)14(19)17-16-9-11-4-1-2-7-13(11)18(20)21/h1-9H,(H,17,19)/b16-9+. The van der Waals surface area contributed by atoms with Gasteiger partial charge in [0.05, 0.1) is 16.7 Å². The Morgan fingerprint density at radius 2 is 2.00 bits per heavy atom. The fourth-order valence-corrected chi connectivity index (χ4v) is 2.02. The molecule has 7 heteroatoms. The van der Waals surface area contributed by atoms with Gasteiger partial charge in [-0.1, -0.05) is 34.1 Å². The van der Waals surface area contributed by atoms with Crippen LogP contribution in [0.15, 0.2) is 58.1 Å². The van der Waals surface area contributed by atoms with E-state index in [9.17, 15) is 14.9 Å². The second-order valence-electron chi connectivity index (χ2n) is 4.03.